The Hall–Kier alpha value is -1.59. The van der Waals surface area contributed by atoms with Gasteiger partial charge in [0.15, 0.2) is 0 Å². The topological polar surface area (TPSA) is 62.5 Å². The molecule has 2 rings (SSSR count). The van der Waals surface area contributed by atoms with Crippen LogP contribution in [0.2, 0.25) is 0 Å². The third kappa shape index (κ3) is 3.29. The molecule has 0 bridgehead atoms. The number of benzene rings is 1. The van der Waals surface area contributed by atoms with Gasteiger partial charge in [-0.05, 0) is 30.2 Å². The Morgan fingerprint density at radius 2 is 2.05 bits per heavy atom. The first-order chi connectivity index (χ1) is 9.55. The molecule has 1 amide bonds. The molecule has 0 unspecified atom stereocenters. The van der Waals surface area contributed by atoms with Gasteiger partial charge in [-0.25, -0.2) is 0 Å². The summed E-state index contributed by atoms with van der Waals surface area (Å²) in [6.07, 6.45) is 3.32. The molecule has 1 aromatic heterocycles. The summed E-state index contributed by atoms with van der Waals surface area (Å²) in [6.45, 7) is 2.03. The van der Waals surface area contributed by atoms with Crippen LogP contribution in [0.3, 0.4) is 0 Å². The standard InChI is InChI=1S/C15H16BrNO3/c1-2-15(19,12-3-5-13(16)6-4-12)10-17-14(18)11-7-8-20-9-11/h3-9,19H,2,10H2,1H3,(H,17,18)/t15-/m1/s1. The van der Waals surface area contributed by atoms with Crippen molar-refractivity contribution in [2.75, 3.05) is 6.54 Å². The van der Waals surface area contributed by atoms with Crippen LogP contribution in [0.1, 0.15) is 29.3 Å². The van der Waals surface area contributed by atoms with Crippen LogP contribution in [0, 0.1) is 0 Å². The van der Waals surface area contributed by atoms with Crippen LogP contribution >= 0.6 is 15.9 Å². The number of nitrogens with one attached hydrogen (secondary N) is 1. The van der Waals surface area contributed by atoms with E-state index in [2.05, 4.69) is 21.2 Å². The summed E-state index contributed by atoms with van der Waals surface area (Å²) < 4.78 is 5.81. The number of halogens is 1. The summed E-state index contributed by atoms with van der Waals surface area (Å²) in [5.41, 5.74) is 0.134. The lowest BCUT2D eigenvalue weighted by Crippen LogP contribution is -2.40. The molecular weight excluding hydrogens is 322 g/mol. The number of hydrogen-bond acceptors (Lipinski definition) is 3. The first-order valence-corrected chi connectivity index (χ1v) is 7.13. The van der Waals surface area contributed by atoms with E-state index < -0.39 is 5.60 Å². The highest BCUT2D eigenvalue weighted by molar-refractivity contribution is 9.10. The van der Waals surface area contributed by atoms with Crippen molar-refractivity contribution < 1.29 is 14.3 Å². The largest absolute Gasteiger partial charge is 0.472 e. The molecule has 0 radical (unpaired) electrons. The summed E-state index contributed by atoms with van der Waals surface area (Å²) >= 11 is 3.36. The van der Waals surface area contributed by atoms with Gasteiger partial charge in [0.1, 0.15) is 11.9 Å². The Morgan fingerprint density at radius 1 is 1.35 bits per heavy atom. The van der Waals surface area contributed by atoms with Crippen LogP contribution in [0.15, 0.2) is 51.7 Å². The molecule has 5 heteroatoms. The second kappa shape index (κ2) is 6.24. The number of furan rings is 1. The number of amides is 1. The fourth-order valence-electron chi connectivity index (χ4n) is 1.91. The summed E-state index contributed by atoms with van der Waals surface area (Å²) in [5.74, 6) is -0.261. The summed E-state index contributed by atoms with van der Waals surface area (Å²) in [6, 6.07) is 9.01. The van der Waals surface area contributed by atoms with Gasteiger partial charge in [-0.1, -0.05) is 35.0 Å². The minimum atomic E-state index is -1.08. The van der Waals surface area contributed by atoms with Gasteiger partial charge in [0.2, 0.25) is 0 Å². The first kappa shape index (κ1) is 14.8. The number of rotatable bonds is 5. The molecule has 0 aliphatic rings. The summed E-state index contributed by atoms with van der Waals surface area (Å²) in [4.78, 5) is 11.9. The Balaban J connectivity index is 2.08. The molecular formula is C15H16BrNO3. The predicted molar refractivity (Wildman–Crippen MR) is 79.4 cm³/mol. The molecule has 0 saturated carbocycles. The fourth-order valence-corrected chi connectivity index (χ4v) is 2.18. The minimum Gasteiger partial charge on any atom is -0.472 e. The molecule has 0 fully saturated rings. The van der Waals surface area contributed by atoms with Gasteiger partial charge in [-0.2, -0.15) is 0 Å². The van der Waals surface area contributed by atoms with Crippen molar-refractivity contribution in [3.05, 3.63) is 58.5 Å². The molecule has 0 aliphatic carbocycles. The number of hydrogen-bond donors (Lipinski definition) is 2. The number of carbonyl (C=O) groups excluding carboxylic acids is 1. The van der Waals surface area contributed by atoms with E-state index in [1.165, 1.54) is 12.5 Å². The van der Waals surface area contributed by atoms with Gasteiger partial charge in [-0.3, -0.25) is 4.79 Å². The van der Waals surface area contributed by atoms with E-state index in [4.69, 9.17) is 4.42 Å². The Bertz CT molecular complexity index is 565. The average molecular weight is 338 g/mol. The zero-order valence-electron chi connectivity index (χ0n) is 11.1. The van der Waals surface area contributed by atoms with E-state index in [0.717, 1.165) is 10.0 Å². The lowest BCUT2D eigenvalue weighted by atomic mass is 9.91. The van der Waals surface area contributed by atoms with Gasteiger partial charge in [0.05, 0.1) is 18.4 Å². The second-order valence-electron chi connectivity index (χ2n) is 4.59. The van der Waals surface area contributed by atoms with Gasteiger partial charge < -0.3 is 14.8 Å². The molecule has 20 heavy (non-hydrogen) atoms. The van der Waals surface area contributed by atoms with Crippen LogP contribution in [0.4, 0.5) is 0 Å². The number of aliphatic hydroxyl groups is 1. The van der Waals surface area contributed by atoms with Crippen LogP contribution < -0.4 is 5.32 Å². The van der Waals surface area contributed by atoms with Gasteiger partial charge in [-0.15, -0.1) is 0 Å². The lowest BCUT2D eigenvalue weighted by Gasteiger charge is -2.27. The minimum absolute atomic E-state index is 0.148. The third-order valence-corrected chi connectivity index (χ3v) is 3.82. The average Bonchev–Trinajstić information content (AvgIpc) is 2.99. The van der Waals surface area contributed by atoms with E-state index in [1.807, 2.05) is 31.2 Å². The number of carbonyl (C=O) groups is 1. The summed E-state index contributed by atoms with van der Waals surface area (Å²) in [7, 11) is 0. The SMILES string of the molecule is CC[C@@](O)(CNC(=O)c1ccoc1)c1ccc(Br)cc1. The zero-order chi connectivity index (χ0) is 14.6. The molecule has 2 aromatic rings. The second-order valence-corrected chi connectivity index (χ2v) is 5.50. The maximum Gasteiger partial charge on any atom is 0.254 e. The molecule has 0 saturated heterocycles. The molecule has 4 nitrogen and oxygen atoms in total. The van der Waals surface area contributed by atoms with Crippen molar-refractivity contribution in [2.24, 2.45) is 0 Å². The van der Waals surface area contributed by atoms with Crippen molar-refractivity contribution in [3.63, 3.8) is 0 Å². The molecule has 106 valence electrons. The van der Waals surface area contributed by atoms with E-state index in [1.54, 1.807) is 6.07 Å². The molecule has 1 atom stereocenters. The fraction of sp³-hybridized carbons (Fsp3) is 0.267. The highest BCUT2D eigenvalue weighted by Crippen LogP contribution is 2.25. The van der Waals surface area contributed by atoms with E-state index in [9.17, 15) is 9.90 Å². The highest BCUT2D eigenvalue weighted by Gasteiger charge is 2.27. The van der Waals surface area contributed by atoms with Crippen LogP contribution in [0.5, 0.6) is 0 Å². The van der Waals surface area contributed by atoms with E-state index in [0.29, 0.717) is 12.0 Å². The van der Waals surface area contributed by atoms with Crippen molar-refractivity contribution in [1.29, 1.82) is 0 Å². The first-order valence-electron chi connectivity index (χ1n) is 6.34. The monoisotopic (exact) mass is 337 g/mol. The van der Waals surface area contributed by atoms with Crippen LogP contribution in [-0.4, -0.2) is 17.6 Å². The van der Waals surface area contributed by atoms with Gasteiger partial charge in [0.25, 0.3) is 5.91 Å². The normalized spacial score (nSPS) is 13.8. The maximum atomic E-state index is 11.9. The molecule has 2 N–H and O–H groups in total. The lowest BCUT2D eigenvalue weighted by molar-refractivity contribution is 0.0314. The molecule has 0 aliphatic heterocycles. The third-order valence-electron chi connectivity index (χ3n) is 3.29. The van der Waals surface area contributed by atoms with Crippen LogP contribution in [-0.2, 0) is 5.60 Å². The van der Waals surface area contributed by atoms with E-state index >= 15 is 0 Å². The summed E-state index contributed by atoms with van der Waals surface area (Å²) in [5, 5.41) is 13.4. The molecule has 0 spiro atoms. The molecule has 1 heterocycles. The Labute approximate surface area is 125 Å². The van der Waals surface area contributed by atoms with E-state index in [-0.39, 0.29) is 12.5 Å². The van der Waals surface area contributed by atoms with Crippen LogP contribution in [0.25, 0.3) is 0 Å². The van der Waals surface area contributed by atoms with Crippen molar-refractivity contribution in [3.8, 4) is 0 Å². The predicted octanol–water partition coefficient (Wildman–Crippen LogP) is 3.07. The highest BCUT2D eigenvalue weighted by atomic mass is 79.9. The van der Waals surface area contributed by atoms with Crippen molar-refractivity contribution in [1.82, 2.24) is 5.32 Å². The Kier molecular flexibility index (Phi) is 4.62. The van der Waals surface area contributed by atoms with Gasteiger partial charge in [0, 0.05) is 4.47 Å². The van der Waals surface area contributed by atoms with Gasteiger partial charge >= 0.3 is 0 Å². The zero-order valence-corrected chi connectivity index (χ0v) is 12.7. The Morgan fingerprint density at radius 3 is 2.60 bits per heavy atom. The van der Waals surface area contributed by atoms with Crippen molar-refractivity contribution in [2.45, 2.75) is 18.9 Å². The smallest absolute Gasteiger partial charge is 0.254 e. The maximum absolute atomic E-state index is 11.9. The quantitative estimate of drug-likeness (QED) is 0.881. The molecule has 1 aromatic carbocycles. The van der Waals surface area contributed by atoms with Crippen molar-refractivity contribution >= 4 is 21.8 Å².